The number of rotatable bonds is 2. The molecule has 3 rings (SSSR count). The van der Waals surface area contributed by atoms with Crippen LogP contribution in [0.2, 0.25) is 0 Å². The van der Waals surface area contributed by atoms with E-state index in [1.54, 1.807) is 0 Å². The highest BCUT2D eigenvalue weighted by Gasteiger charge is 2.13. The lowest BCUT2D eigenvalue weighted by atomic mass is 9.87. The minimum absolute atomic E-state index is 0.221. The molecule has 102 valence electrons. The second-order valence-electron chi connectivity index (χ2n) is 5.97. The maximum atomic E-state index is 2.26. The Hall–Kier alpha value is -1.25. The van der Waals surface area contributed by atoms with E-state index in [4.69, 9.17) is 0 Å². The molecule has 0 saturated heterocycles. The van der Waals surface area contributed by atoms with Crippen molar-refractivity contribution in [2.24, 2.45) is 0 Å². The van der Waals surface area contributed by atoms with Crippen molar-refractivity contribution in [3.63, 3.8) is 0 Å². The topological polar surface area (TPSA) is 0 Å². The zero-order valence-electron chi connectivity index (χ0n) is 12.0. The van der Waals surface area contributed by atoms with Gasteiger partial charge in [-0.25, -0.2) is 0 Å². The van der Waals surface area contributed by atoms with Crippen LogP contribution < -0.4 is 0 Å². The molecule has 2 aromatic carbocycles. The van der Waals surface area contributed by atoms with E-state index in [-0.39, 0.29) is 5.41 Å². The zero-order valence-corrected chi connectivity index (χ0v) is 13.6. The van der Waals surface area contributed by atoms with Gasteiger partial charge in [0.05, 0.1) is 0 Å². The lowest BCUT2D eigenvalue weighted by Crippen LogP contribution is -2.10. The van der Waals surface area contributed by atoms with Crippen molar-refractivity contribution in [2.75, 3.05) is 0 Å². The van der Waals surface area contributed by atoms with Crippen LogP contribution in [-0.4, -0.2) is 0 Å². The van der Waals surface area contributed by atoms with E-state index in [1.807, 2.05) is 23.1 Å². The van der Waals surface area contributed by atoms with Crippen molar-refractivity contribution in [3.8, 4) is 0 Å². The second-order valence-corrected chi connectivity index (χ2v) is 8.00. The first kappa shape index (κ1) is 13.7. The molecule has 2 heteroatoms. The third kappa shape index (κ3) is 2.77. The van der Waals surface area contributed by atoms with E-state index in [2.05, 4.69) is 74.7 Å². The van der Waals surface area contributed by atoms with Crippen molar-refractivity contribution in [3.05, 3.63) is 59.5 Å². The Morgan fingerprint density at radius 1 is 0.900 bits per heavy atom. The van der Waals surface area contributed by atoms with Gasteiger partial charge in [0.2, 0.25) is 0 Å². The highest BCUT2D eigenvalue weighted by atomic mass is 32.2. The van der Waals surface area contributed by atoms with E-state index in [0.717, 1.165) is 0 Å². The van der Waals surface area contributed by atoms with E-state index < -0.39 is 0 Å². The largest absolute Gasteiger partial charge is 0.143 e. The van der Waals surface area contributed by atoms with Crippen molar-refractivity contribution in [1.82, 2.24) is 0 Å². The third-order valence-electron chi connectivity index (χ3n) is 3.39. The summed E-state index contributed by atoms with van der Waals surface area (Å²) in [6.07, 6.45) is 0. The molecule has 0 radical (unpaired) electrons. The summed E-state index contributed by atoms with van der Waals surface area (Å²) in [6, 6.07) is 17.6. The summed E-state index contributed by atoms with van der Waals surface area (Å²) in [4.78, 5) is 2.66. The summed E-state index contributed by atoms with van der Waals surface area (Å²) >= 11 is 3.67. The summed E-state index contributed by atoms with van der Waals surface area (Å²) in [5.41, 5.74) is 1.61. The van der Waals surface area contributed by atoms with Gasteiger partial charge >= 0.3 is 0 Å². The van der Waals surface area contributed by atoms with Crippen molar-refractivity contribution >= 4 is 33.2 Å². The quantitative estimate of drug-likeness (QED) is 0.531. The highest BCUT2D eigenvalue weighted by Crippen LogP contribution is 2.37. The van der Waals surface area contributed by atoms with E-state index >= 15 is 0 Å². The van der Waals surface area contributed by atoms with Gasteiger partial charge in [0.1, 0.15) is 0 Å². The van der Waals surface area contributed by atoms with Gasteiger partial charge in [0, 0.05) is 25.3 Å². The van der Waals surface area contributed by atoms with Crippen molar-refractivity contribution in [2.45, 2.75) is 36.0 Å². The van der Waals surface area contributed by atoms with Crippen molar-refractivity contribution < 1.29 is 0 Å². The van der Waals surface area contributed by atoms with Gasteiger partial charge in [-0.1, -0.05) is 62.9 Å². The first-order chi connectivity index (χ1) is 9.54. The van der Waals surface area contributed by atoms with E-state index in [9.17, 15) is 0 Å². The first-order valence-corrected chi connectivity index (χ1v) is 8.48. The molecule has 0 N–H and O–H groups in total. The molecule has 0 unspecified atom stereocenters. The lowest BCUT2D eigenvalue weighted by Gasteiger charge is -2.19. The Morgan fingerprint density at radius 2 is 1.60 bits per heavy atom. The molecule has 0 fully saturated rings. The van der Waals surface area contributed by atoms with Crippen LogP contribution in [0.25, 0.3) is 10.1 Å². The maximum absolute atomic E-state index is 2.26. The number of hydrogen-bond acceptors (Lipinski definition) is 2. The molecular formula is C18H18S2. The second kappa shape index (κ2) is 5.27. The van der Waals surface area contributed by atoms with Crippen LogP contribution in [-0.2, 0) is 5.41 Å². The Kier molecular flexibility index (Phi) is 3.61. The monoisotopic (exact) mass is 298 g/mol. The molecule has 0 spiro atoms. The molecule has 20 heavy (non-hydrogen) atoms. The van der Waals surface area contributed by atoms with Crippen molar-refractivity contribution in [1.29, 1.82) is 0 Å². The smallest absolute Gasteiger partial charge is 0.0354 e. The van der Waals surface area contributed by atoms with Gasteiger partial charge in [-0.3, -0.25) is 0 Å². The van der Waals surface area contributed by atoms with Crippen LogP contribution in [0.15, 0.2) is 63.7 Å². The van der Waals surface area contributed by atoms with Crippen LogP contribution in [0.1, 0.15) is 26.3 Å². The van der Waals surface area contributed by atoms with Gasteiger partial charge in [0.25, 0.3) is 0 Å². The summed E-state index contributed by atoms with van der Waals surface area (Å²) in [5.74, 6) is 0. The predicted molar refractivity (Wildman–Crippen MR) is 91.1 cm³/mol. The lowest BCUT2D eigenvalue weighted by molar-refractivity contribution is 0.590. The van der Waals surface area contributed by atoms with Gasteiger partial charge < -0.3 is 0 Å². The fourth-order valence-corrected chi connectivity index (χ4v) is 4.22. The Bertz CT molecular complexity index is 715. The molecule has 0 bridgehead atoms. The molecule has 0 aliphatic carbocycles. The van der Waals surface area contributed by atoms with E-state index in [0.29, 0.717) is 0 Å². The molecule has 0 nitrogen and oxygen atoms in total. The highest BCUT2D eigenvalue weighted by molar-refractivity contribution is 7.99. The average molecular weight is 298 g/mol. The SMILES string of the molecule is CC(C)(C)c1ccc(Sc2csc3ccccc23)cc1. The summed E-state index contributed by atoms with van der Waals surface area (Å²) < 4.78 is 1.36. The summed E-state index contributed by atoms with van der Waals surface area (Å²) in [5, 5.41) is 3.62. The Morgan fingerprint density at radius 3 is 2.30 bits per heavy atom. The maximum Gasteiger partial charge on any atom is 0.0354 e. The number of benzene rings is 2. The van der Waals surface area contributed by atoms with Gasteiger partial charge in [0.15, 0.2) is 0 Å². The minimum Gasteiger partial charge on any atom is -0.143 e. The summed E-state index contributed by atoms with van der Waals surface area (Å²) in [6.45, 7) is 6.75. The molecule has 0 saturated carbocycles. The molecule has 1 heterocycles. The number of hydrogen-bond donors (Lipinski definition) is 0. The van der Waals surface area contributed by atoms with Crippen LogP contribution >= 0.6 is 23.1 Å². The Balaban J connectivity index is 1.88. The fourth-order valence-electron chi connectivity index (χ4n) is 2.18. The zero-order chi connectivity index (χ0) is 14.2. The third-order valence-corrected chi connectivity index (χ3v) is 5.57. The van der Waals surface area contributed by atoms with Gasteiger partial charge in [-0.2, -0.15) is 0 Å². The number of thiophene rings is 1. The molecule has 3 aromatic rings. The van der Waals surface area contributed by atoms with Crippen LogP contribution in [0, 0.1) is 0 Å². The first-order valence-electron chi connectivity index (χ1n) is 6.79. The normalized spacial score (nSPS) is 11.9. The molecule has 0 amide bonds. The molecule has 1 aromatic heterocycles. The van der Waals surface area contributed by atoms with Crippen LogP contribution in [0.5, 0.6) is 0 Å². The fraction of sp³-hybridized carbons (Fsp3) is 0.222. The molecular weight excluding hydrogens is 280 g/mol. The van der Waals surface area contributed by atoms with Gasteiger partial charge in [-0.15, -0.1) is 11.3 Å². The standard InChI is InChI=1S/C18H18S2/c1-18(2,3)13-8-10-14(11-9-13)20-17-12-19-16-7-5-4-6-15(16)17/h4-12H,1-3H3. The minimum atomic E-state index is 0.221. The van der Waals surface area contributed by atoms with Crippen LogP contribution in [0.3, 0.4) is 0 Å². The predicted octanol–water partition coefficient (Wildman–Crippen LogP) is 6.35. The number of fused-ring (bicyclic) bond motifs is 1. The van der Waals surface area contributed by atoms with E-state index in [1.165, 1.54) is 25.4 Å². The molecule has 0 aliphatic rings. The molecule has 0 atom stereocenters. The molecule has 0 aliphatic heterocycles. The van der Waals surface area contributed by atoms with Gasteiger partial charge in [-0.05, 0) is 29.2 Å². The average Bonchev–Trinajstić information content (AvgIpc) is 2.82. The summed E-state index contributed by atoms with van der Waals surface area (Å²) in [7, 11) is 0. The Labute approximate surface area is 128 Å². The van der Waals surface area contributed by atoms with Crippen LogP contribution in [0.4, 0.5) is 0 Å².